The van der Waals surface area contributed by atoms with Gasteiger partial charge in [0.25, 0.3) is 5.91 Å². The number of hydroxylamine groups is 1. The maximum absolute atomic E-state index is 11.6. The third-order valence-electron chi connectivity index (χ3n) is 2.49. The van der Waals surface area contributed by atoms with Gasteiger partial charge in [-0.3, -0.25) is 14.4 Å². The summed E-state index contributed by atoms with van der Waals surface area (Å²) >= 11 is 0. The first-order chi connectivity index (χ1) is 6.77. The lowest BCUT2D eigenvalue weighted by Gasteiger charge is -2.12. The van der Waals surface area contributed by atoms with Gasteiger partial charge in [-0.05, 0) is 13.0 Å². The lowest BCUT2D eigenvalue weighted by atomic mass is 10.1. The molecule has 0 saturated carbocycles. The van der Waals surface area contributed by atoms with Crippen molar-refractivity contribution in [2.24, 2.45) is 5.92 Å². The minimum atomic E-state index is -0.525. The Balaban J connectivity index is 1.84. The molecule has 6 nitrogen and oxygen atoms in total. The molecule has 2 aliphatic heterocycles. The van der Waals surface area contributed by atoms with E-state index in [1.54, 1.807) is 0 Å². The SMILES string of the molecule is O=C1NOCC1NC(=O)[C@H]1CCNC1. The van der Waals surface area contributed by atoms with E-state index in [9.17, 15) is 9.59 Å². The van der Waals surface area contributed by atoms with Gasteiger partial charge in [0, 0.05) is 6.54 Å². The topological polar surface area (TPSA) is 79.5 Å². The van der Waals surface area contributed by atoms with Crippen molar-refractivity contribution in [1.29, 1.82) is 0 Å². The van der Waals surface area contributed by atoms with Crippen LogP contribution in [0.5, 0.6) is 0 Å². The number of nitrogens with one attached hydrogen (secondary N) is 3. The smallest absolute Gasteiger partial charge is 0.268 e. The first-order valence-electron chi connectivity index (χ1n) is 4.70. The van der Waals surface area contributed by atoms with Crippen LogP contribution in [0.25, 0.3) is 0 Å². The Morgan fingerprint density at radius 1 is 1.57 bits per heavy atom. The van der Waals surface area contributed by atoms with Crippen LogP contribution in [-0.2, 0) is 14.4 Å². The third-order valence-corrected chi connectivity index (χ3v) is 2.49. The van der Waals surface area contributed by atoms with Gasteiger partial charge >= 0.3 is 0 Å². The van der Waals surface area contributed by atoms with Gasteiger partial charge in [0.2, 0.25) is 5.91 Å². The molecule has 2 rings (SSSR count). The zero-order valence-electron chi connectivity index (χ0n) is 7.71. The second-order valence-corrected chi connectivity index (χ2v) is 3.53. The summed E-state index contributed by atoms with van der Waals surface area (Å²) in [6, 6.07) is -0.525. The number of hydrogen-bond donors (Lipinski definition) is 3. The van der Waals surface area contributed by atoms with Crippen molar-refractivity contribution in [3.05, 3.63) is 0 Å². The van der Waals surface area contributed by atoms with Gasteiger partial charge in [0.15, 0.2) is 0 Å². The molecular weight excluding hydrogens is 186 g/mol. The standard InChI is InChI=1S/C8H13N3O3/c12-7(5-1-2-9-3-5)10-6-4-14-11-8(6)13/h5-6,9H,1-4H2,(H,10,12)(H,11,13)/t5-,6?/m0/s1. The minimum absolute atomic E-state index is 0.0107. The first-order valence-corrected chi connectivity index (χ1v) is 4.70. The van der Waals surface area contributed by atoms with E-state index in [0.717, 1.165) is 13.0 Å². The van der Waals surface area contributed by atoms with Gasteiger partial charge in [0.05, 0.1) is 5.92 Å². The van der Waals surface area contributed by atoms with Crippen molar-refractivity contribution in [3.8, 4) is 0 Å². The Morgan fingerprint density at radius 2 is 2.43 bits per heavy atom. The highest BCUT2D eigenvalue weighted by molar-refractivity contribution is 5.89. The molecule has 14 heavy (non-hydrogen) atoms. The van der Waals surface area contributed by atoms with Gasteiger partial charge in [-0.2, -0.15) is 0 Å². The average molecular weight is 199 g/mol. The van der Waals surface area contributed by atoms with Crippen molar-refractivity contribution in [2.45, 2.75) is 12.5 Å². The van der Waals surface area contributed by atoms with E-state index >= 15 is 0 Å². The predicted octanol–water partition coefficient (Wildman–Crippen LogP) is -1.86. The van der Waals surface area contributed by atoms with Crippen LogP contribution >= 0.6 is 0 Å². The molecule has 2 heterocycles. The number of carbonyl (C=O) groups excluding carboxylic acids is 2. The maximum Gasteiger partial charge on any atom is 0.268 e. The molecule has 2 aliphatic rings. The zero-order chi connectivity index (χ0) is 9.97. The third kappa shape index (κ3) is 1.85. The molecule has 2 amide bonds. The van der Waals surface area contributed by atoms with Crippen molar-refractivity contribution >= 4 is 11.8 Å². The van der Waals surface area contributed by atoms with Crippen LogP contribution < -0.4 is 16.1 Å². The molecule has 0 radical (unpaired) electrons. The molecule has 6 heteroatoms. The number of carbonyl (C=O) groups is 2. The highest BCUT2D eigenvalue weighted by atomic mass is 16.7. The van der Waals surface area contributed by atoms with E-state index in [2.05, 4.69) is 16.1 Å². The fraction of sp³-hybridized carbons (Fsp3) is 0.750. The summed E-state index contributed by atoms with van der Waals surface area (Å²) in [5.41, 5.74) is 2.20. The van der Waals surface area contributed by atoms with E-state index in [0.29, 0.717) is 6.54 Å². The predicted molar refractivity (Wildman–Crippen MR) is 47.0 cm³/mol. The largest absolute Gasteiger partial charge is 0.342 e. The molecule has 0 bridgehead atoms. The van der Waals surface area contributed by atoms with Crippen LogP contribution in [0.4, 0.5) is 0 Å². The minimum Gasteiger partial charge on any atom is -0.342 e. The Bertz CT molecular complexity index is 250. The summed E-state index contributed by atoms with van der Waals surface area (Å²) in [6.45, 7) is 1.78. The lowest BCUT2D eigenvalue weighted by molar-refractivity contribution is -0.130. The molecule has 78 valence electrons. The quantitative estimate of drug-likeness (QED) is 0.487. The summed E-state index contributed by atoms with van der Waals surface area (Å²) in [5.74, 6) is -0.353. The van der Waals surface area contributed by atoms with E-state index in [4.69, 9.17) is 4.84 Å². The molecule has 0 aromatic heterocycles. The molecular formula is C8H13N3O3. The molecule has 0 aromatic carbocycles. The van der Waals surface area contributed by atoms with Crippen LogP contribution in [0.1, 0.15) is 6.42 Å². The summed E-state index contributed by atoms with van der Waals surface area (Å²) in [4.78, 5) is 27.3. The maximum atomic E-state index is 11.6. The Kier molecular flexibility index (Phi) is 2.64. The number of hydrogen-bond acceptors (Lipinski definition) is 4. The molecule has 0 aliphatic carbocycles. The van der Waals surface area contributed by atoms with Gasteiger partial charge in [0.1, 0.15) is 12.6 Å². The molecule has 2 atom stereocenters. The van der Waals surface area contributed by atoms with E-state index in [1.165, 1.54) is 0 Å². The molecule has 2 saturated heterocycles. The van der Waals surface area contributed by atoms with Crippen LogP contribution in [-0.4, -0.2) is 37.6 Å². The number of amides is 2. The normalized spacial score (nSPS) is 31.6. The average Bonchev–Trinajstić information content (AvgIpc) is 2.77. The van der Waals surface area contributed by atoms with E-state index in [1.807, 2.05) is 0 Å². The fourth-order valence-electron chi connectivity index (χ4n) is 1.62. The summed E-state index contributed by atoms with van der Waals surface area (Å²) in [5, 5.41) is 5.75. The van der Waals surface area contributed by atoms with Crippen molar-refractivity contribution in [2.75, 3.05) is 19.7 Å². The summed E-state index contributed by atoms with van der Waals surface area (Å²) < 4.78 is 0. The highest BCUT2D eigenvalue weighted by Crippen LogP contribution is 2.08. The second-order valence-electron chi connectivity index (χ2n) is 3.53. The van der Waals surface area contributed by atoms with Crippen molar-refractivity contribution in [1.82, 2.24) is 16.1 Å². The number of rotatable bonds is 2. The summed E-state index contributed by atoms with van der Waals surface area (Å²) in [7, 11) is 0. The summed E-state index contributed by atoms with van der Waals surface area (Å²) in [6.07, 6.45) is 0.834. The van der Waals surface area contributed by atoms with E-state index in [-0.39, 0.29) is 24.3 Å². The second kappa shape index (κ2) is 3.93. The van der Waals surface area contributed by atoms with Gasteiger partial charge in [-0.25, -0.2) is 5.48 Å². The van der Waals surface area contributed by atoms with Crippen LogP contribution in [0, 0.1) is 5.92 Å². The molecule has 0 spiro atoms. The molecule has 1 unspecified atom stereocenters. The van der Waals surface area contributed by atoms with Crippen LogP contribution in [0.3, 0.4) is 0 Å². The van der Waals surface area contributed by atoms with Gasteiger partial charge in [-0.15, -0.1) is 0 Å². The lowest BCUT2D eigenvalue weighted by Crippen LogP contribution is -2.44. The Labute approximate surface area is 81.3 Å². The van der Waals surface area contributed by atoms with Crippen LogP contribution in [0.15, 0.2) is 0 Å². The molecule has 0 aromatic rings. The zero-order valence-corrected chi connectivity index (χ0v) is 7.71. The van der Waals surface area contributed by atoms with Crippen molar-refractivity contribution in [3.63, 3.8) is 0 Å². The van der Waals surface area contributed by atoms with Crippen molar-refractivity contribution < 1.29 is 14.4 Å². The first kappa shape index (κ1) is 9.42. The Morgan fingerprint density at radius 3 is 3.00 bits per heavy atom. The van der Waals surface area contributed by atoms with Crippen LogP contribution in [0.2, 0.25) is 0 Å². The Hall–Kier alpha value is -1.14. The van der Waals surface area contributed by atoms with Gasteiger partial charge in [-0.1, -0.05) is 0 Å². The fourth-order valence-corrected chi connectivity index (χ4v) is 1.62. The van der Waals surface area contributed by atoms with Gasteiger partial charge < -0.3 is 10.6 Å². The molecule has 3 N–H and O–H groups in total. The molecule has 2 fully saturated rings. The van der Waals surface area contributed by atoms with E-state index < -0.39 is 6.04 Å². The highest BCUT2D eigenvalue weighted by Gasteiger charge is 2.30. The monoisotopic (exact) mass is 199 g/mol.